The molecule has 0 bridgehead atoms. The number of ketones is 1. The van der Waals surface area contributed by atoms with Crippen LogP contribution in [0, 0.1) is 0 Å². The molecule has 2 rings (SSSR count). The van der Waals surface area contributed by atoms with Crippen LogP contribution >= 0.6 is 0 Å². The maximum absolute atomic E-state index is 12.2. The Hall–Kier alpha value is -2.82. The number of aryl methyl sites for hydroxylation is 1. The predicted molar refractivity (Wildman–Crippen MR) is 101 cm³/mol. The molecule has 2 aromatic carbocycles. The minimum Gasteiger partial charge on any atom is -0.493 e. The molecule has 26 heavy (non-hydrogen) atoms. The van der Waals surface area contributed by atoms with Crippen molar-refractivity contribution in [3.05, 3.63) is 59.2 Å². The highest BCUT2D eigenvalue weighted by Crippen LogP contribution is 2.28. The van der Waals surface area contributed by atoms with Gasteiger partial charge in [0.25, 0.3) is 5.91 Å². The van der Waals surface area contributed by atoms with E-state index in [1.807, 2.05) is 19.1 Å². The van der Waals surface area contributed by atoms with Crippen molar-refractivity contribution in [2.24, 2.45) is 0 Å². The minimum absolute atomic E-state index is 0.0597. The van der Waals surface area contributed by atoms with Crippen molar-refractivity contribution in [2.45, 2.75) is 33.2 Å². The van der Waals surface area contributed by atoms with Crippen LogP contribution in [-0.4, -0.2) is 25.4 Å². The molecule has 0 saturated carbocycles. The van der Waals surface area contributed by atoms with Gasteiger partial charge in [-0.1, -0.05) is 31.2 Å². The predicted octanol–water partition coefficient (Wildman–Crippen LogP) is 3.72. The van der Waals surface area contributed by atoms with Gasteiger partial charge >= 0.3 is 0 Å². The first kappa shape index (κ1) is 19.5. The van der Waals surface area contributed by atoms with E-state index < -0.39 is 0 Å². The molecule has 0 heterocycles. The van der Waals surface area contributed by atoms with Gasteiger partial charge in [0.05, 0.1) is 13.2 Å². The molecule has 0 aliphatic carbocycles. The lowest BCUT2D eigenvalue weighted by atomic mass is 10.1. The summed E-state index contributed by atoms with van der Waals surface area (Å²) in [6.45, 7) is 5.39. The Kier molecular flexibility index (Phi) is 6.78. The number of Topliss-reactive ketones (excluding diaryl/α,β-unsaturated/α-hetero) is 1. The van der Waals surface area contributed by atoms with Crippen LogP contribution in [0.25, 0.3) is 0 Å². The summed E-state index contributed by atoms with van der Waals surface area (Å²) in [5.74, 6) is 0.562. The number of carbonyl (C=O) groups is 2. The van der Waals surface area contributed by atoms with Gasteiger partial charge in [-0.25, -0.2) is 0 Å². The van der Waals surface area contributed by atoms with E-state index in [2.05, 4.69) is 24.4 Å². The molecule has 1 amide bonds. The van der Waals surface area contributed by atoms with Gasteiger partial charge in [-0.15, -0.1) is 0 Å². The van der Waals surface area contributed by atoms with Gasteiger partial charge in [0.15, 0.2) is 23.9 Å². The summed E-state index contributed by atoms with van der Waals surface area (Å²) in [5.41, 5.74) is 2.83. The van der Waals surface area contributed by atoms with Crippen LogP contribution in [0.3, 0.4) is 0 Å². The fourth-order valence-corrected chi connectivity index (χ4v) is 2.56. The zero-order chi connectivity index (χ0) is 19.1. The first-order chi connectivity index (χ1) is 12.4. The third-order valence-electron chi connectivity index (χ3n) is 4.19. The smallest absolute Gasteiger partial charge is 0.258 e. The summed E-state index contributed by atoms with van der Waals surface area (Å²) in [6.07, 6.45) is 0.985. The Morgan fingerprint density at radius 2 is 1.77 bits per heavy atom. The zero-order valence-corrected chi connectivity index (χ0v) is 15.7. The monoisotopic (exact) mass is 355 g/mol. The van der Waals surface area contributed by atoms with E-state index in [-0.39, 0.29) is 24.3 Å². The average molecular weight is 355 g/mol. The number of nitrogens with one attached hydrogen (secondary N) is 1. The number of rotatable bonds is 8. The summed E-state index contributed by atoms with van der Waals surface area (Å²) < 4.78 is 10.8. The van der Waals surface area contributed by atoms with E-state index in [1.165, 1.54) is 19.6 Å². The molecule has 5 heteroatoms. The van der Waals surface area contributed by atoms with Gasteiger partial charge in [-0.3, -0.25) is 9.59 Å². The maximum atomic E-state index is 12.2. The molecule has 1 unspecified atom stereocenters. The second kappa shape index (κ2) is 9.04. The number of benzene rings is 2. The highest BCUT2D eigenvalue weighted by molar-refractivity contribution is 5.94. The second-order valence-corrected chi connectivity index (χ2v) is 6.09. The second-order valence-electron chi connectivity index (χ2n) is 6.09. The molecule has 0 aromatic heterocycles. The first-order valence-corrected chi connectivity index (χ1v) is 8.64. The van der Waals surface area contributed by atoms with E-state index >= 15 is 0 Å². The van der Waals surface area contributed by atoms with Gasteiger partial charge in [-0.2, -0.15) is 0 Å². The fraction of sp³-hybridized carbons (Fsp3) is 0.333. The van der Waals surface area contributed by atoms with Gasteiger partial charge in [0.2, 0.25) is 0 Å². The molecule has 0 spiro atoms. The van der Waals surface area contributed by atoms with Gasteiger partial charge in [0, 0.05) is 5.56 Å². The first-order valence-electron chi connectivity index (χ1n) is 8.64. The molecule has 0 fully saturated rings. The molecule has 0 aliphatic heterocycles. The van der Waals surface area contributed by atoms with Crippen LogP contribution in [0.5, 0.6) is 11.5 Å². The van der Waals surface area contributed by atoms with Crippen LogP contribution in [0.4, 0.5) is 0 Å². The minimum atomic E-state index is -0.227. The normalized spacial score (nSPS) is 11.5. The largest absolute Gasteiger partial charge is 0.493 e. The van der Waals surface area contributed by atoms with Crippen LogP contribution in [0.1, 0.15) is 48.3 Å². The molecule has 5 nitrogen and oxygen atoms in total. The van der Waals surface area contributed by atoms with Gasteiger partial charge < -0.3 is 14.8 Å². The number of methoxy groups -OCH3 is 1. The third-order valence-corrected chi connectivity index (χ3v) is 4.19. The summed E-state index contributed by atoms with van der Waals surface area (Å²) in [7, 11) is 1.49. The number of hydrogen-bond donors (Lipinski definition) is 1. The van der Waals surface area contributed by atoms with E-state index in [1.54, 1.807) is 18.2 Å². The highest BCUT2D eigenvalue weighted by atomic mass is 16.5. The maximum Gasteiger partial charge on any atom is 0.258 e. The van der Waals surface area contributed by atoms with Crippen LogP contribution in [-0.2, 0) is 11.2 Å². The Bertz CT molecular complexity index is 768. The van der Waals surface area contributed by atoms with Crippen LogP contribution < -0.4 is 14.8 Å². The van der Waals surface area contributed by atoms with Crippen LogP contribution in [0.2, 0.25) is 0 Å². The topological polar surface area (TPSA) is 64.6 Å². The van der Waals surface area contributed by atoms with Crippen molar-refractivity contribution in [3.8, 4) is 11.5 Å². The SMILES string of the molecule is CCc1ccc(C(C)NC(=O)COc2ccc(C(C)=O)cc2OC)cc1. The molecule has 0 radical (unpaired) electrons. The fourth-order valence-electron chi connectivity index (χ4n) is 2.56. The molecular weight excluding hydrogens is 330 g/mol. The van der Waals surface area contributed by atoms with Crippen molar-refractivity contribution < 1.29 is 19.1 Å². The van der Waals surface area contributed by atoms with Gasteiger partial charge in [0.1, 0.15) is 0 Å². The number of amides is 1. The van der Waals surface area contributed by atoms with E-state index in [0.717, 1.165) is 12.0 Å². The van der Waals surface area contributed by atoms with Gasteiger partial charge in [-0.05, 0) is 49.6 Å². The quantitative estimate of drug-likeness (QED) is 0.733. The summed E-state index contributed by atoms with van der Waals surface area (Å²) in [4.78, 5) is 23.6. The van der Waals surface area contributed by atoms with Crippen LogP contribution in [0.15, 0.2) is 42.5 Å². The van der Waals surface area contributed by atoms with E-state index in [9.17, 15) is 9.59 Å². The summed E-state index contributed by atoms with van der Waals surface area (Å²) >= 11 is 0. The summed E-state index contributed by atoms with van der Waals surface area (Å²) in [5, 5.41) is 2.91. The third kappa shape index (κ3) is 5.09. The molecule has 0 saturated heterocycles. The van der Waals surface area contributed by atoms with E-state index in [4.69, 9.17) is 9.47 Å². The van der Waals surface area contributed by atoms with Crippen molar-refractivity contribution in [1.29, 1.82) is 0 Å². The van der Waals surface area contributed by atoms with Crippen molar-refractivity contribution in [2.75, 3.05) is 13.7 Å². The van der Waals surface area contributed by atoms with Crippen molar-refractivity contribution in [1.82, 2.24) is 5.32 Å². The lowest BCUT2D eigenvalue weighted by Crippen LogP contribution is -2.31. The number of hydrogen-bond acceptors (Lipinski definition) is 4. The molecule has 1 atom stereocenters. The Morgan fingerprint density at radius 3 is 2.35 bits per heavy atom. The molecule has 1 N–H and O–H groups in total. The number of ether oxygens (including phenoxy) is 2. The Labute approximate surface area is 154 Å². The summed E-state index contributed by atoms with van der Waals surface area (Å²) in [6, 6.07) is 13.0. The zero-order valence-electron chi connectivity index (χ0n) is 15.7. The Balaban J connectivity index is 1.94. The molecule has 138 valence electrons. The molecule has 0 aliphatic rings. The lowest BCUT2D eigenvalue weighted by molar-refractivity contribution is -0.123. The van der Waals surface area contributed by atoms with Crippen molar-refractivity contribution >= 4 is 11.7 Å². The van der Waals surface area contributed by atoms with E-state index in [0.29, 0.717) is 17.1 Å². The molecule has 2 aromatic rings. The highest BCUT2D eigenvalue weighted by Gasteiger charge is 2.13. The lowest BCUT2D eigenvalue weighted by Gasteiger charge is -2.16. The standard InChI is InChI=1S/C21H25NO4/c1-5-16-6-8-17(9-7-16)14(2)22-21(24)13-26-19-11-10-18(15(3)23)12-20(19)25-4/h6-12,14H,5,13H2,1-4H3,(H,22,24). The average Bonchev–Trinajstić information content (AvgIpc) is 2.66. The molecular formula is C21H25NO4. The number of carbonyl (C=O) groups excluding carboxylic acids is 2. The van der Waals surface area contributed by atoms with Crippen molar-refractivity contribution in [3.63, 3.8) is 0 Å². The Morgan fingerprint density at radius 1 is 1.08 bits per heavy atom.